The third kappa shape index (κ3) is 3.71. The fourth-order valence-electron chi connectivity index (χ4n) is 3.87. The van der Waals surface area contributed by atoms with E-state index in [1.54, 1.807) is 4.90 Å². The van der Waals surface area contributed by atoms with Crippen molar-refractivity contribution in [3.05, 3.63) is 29.8 Å². The Balaban J connectivity index is 1.59. The molecule has 2 aliphatic heterocycles. The number of carbonyl (C=O) groups excluding carboxylic acids is 2. The number of nitrogens with zero attached hydrogens (tertiary/aromatic N) is 2. The molecule has 3 amide bonds. The second-order valence-electron chi connectivity index (χ2n) is 7.54. The predicted octanol–water partition coefficient (Wildman–Crippen LogP) is 2.79. The van der Waals surface area contributed by atoms with Gasteiger partial charge in [-0.1, -0.05) is 31.5 Å². The van der Waals surface area contributed by atoms with E-state index in [0.29, 0.717) is 24.8 Å². The molecule has 130 valence electrons. The summed E-state index contributed by atoms with van der Waals surface area (Å²) < 4.78 is 0. The van der Waals surface area contributed by atoms with Gasteiger partial charge in [-0.25, -0.2) is 4.79 Å². The first-order valence-corrected chi connectivity index (χ1v) is 8.85. The van der Waals surface area contributed by atoms with Crippen LogP contribution in [0.5, 0.6) is 0 Å². The lowest BCUT2D eigenvalue weighted by Gasteiger charge is -2.35. The third-order valence-corrected chi connectivity index (χ3v) is 4.95. The van der Waals surface area contributed by atoms with E-state index in [4.69, 9.17) is 0 Å². The topological polar surface area (TPSA) is 52.7 Å². The molecule has 5 nitrogen and oxygen atoms in total. The van der Waals surface area contributed by atoms with E-state index < -0.39 is 0 Å². The molecular formula is C19H27N3O2. The minimum Gasteiger partial charge on any atom is -0.333 e. The monoisotopic (exact) mass is 329 g/mol. The van der Waals surface area contributed by atoms with Gasteiger partial charge < -0.3 is 15.1 Å². The number of likely N-dealkylation sites (tertiary alicyclic amines) is 1. The van der Waals surface area contributed by atoms with E-state index in [0.717, 1.165) is 18.8 Å². The largest absolute Gasteiger partial charge is 0.333 e. The van der Waals surface area contributed by atoms with Gasteiger partial charge in [-0.3, -0.25) is 4.79 Å². The van der Waals surface area contributed by atoms with Crippen molar-refractivity contribution in [2.24, 2.45) is 11.8 Å². The van der Waals surface area contributed by atoms with Crippen molar-refractivity contribution in [1.82, 2.24) is 10.2 Å². The lowest BCUT2D eigenvalue weighted by atomic mass is 9.92. The number of piperidine rings is 1. The summed E-state index contributed by atoms with van der Waals surface area (Å²) in [5, 5.41) is 3.06. The molecule has 3 atom stereocenters. The Bertz CT molecular complexity index is 604. The molecule has 0 unspecified atom stereocenters. The van der Waals surface area contributed by atoms with Crippen LogP contribution in [0, 0.1) is 18.8 Å². The first-order valence-electron chi connectivity index (χ1n) is 8.85. The van der Waals surface area contributed by atoms with Crippen LogP contribution in [0.2, 0.25) is 0 Å². The zero-order valence-electron chi connectivity index (χ0n) is 14.8. The Morgan fingerprint density at radius 1 is 1.08 bits per heavy atom. The molecular weight excluding hydrogens is 302 g/mol. The van der Waals surface area contributed by atoms with E-state index in [-0.39, 0.29) is 18.0 Å². The SMILES string of the molecule is Cc1ccc(N2C[C@@H](NC(=O)N3C[C@@H](C)C[C@H](C)C3)CC2=O)cc1. The summed E-state index contributed by atoms with van der Waals surface area (Å²) in [6.07, 6.45) is 1.55. The number of anilines is 1. The van der Waals surface area contributed by atoms with Gasteiger partial charge in [0.25, 0.3) is 0 Å². The van der Waals surface area contributed by atoms with E-state index >= 15 is 0 Å². The van der Waals surface area contributed by atoms with Gasteiger partial charge in [0.1, 0.15) is 0 Å². The molecule has 1 aromatic carbocycles. The molecule has 1 N–H and O–H groups in total. The first kappa shape index (κ1) is 16.8. The second kappa shape index (κ2) is 6.83. The van der Waals surface area contributed by atoms with Gasteiger partial charge in [0.2, 0.25) is 5.91 Å². The summed E-state index contributed by atoms with van der Waals surface area (Å²) in [6.45, 7) is 8.56. The van der Waals surface area contributed by atoms with Crippen LogP contribution in [0.25, 0.3) is 0 Å². The van der Waals surface area contributed by atoms with Crippen molar-refractivity contribution in [3.8, 4) is 0 Å². The summed E-state index contributed by atoms with van der Waals surface area (Å²) in [4.78, 5) is 28.5. The number of hydrogen-bond donors (Lipinski definition) is 1. The van der Waals surface area contributed by atoms with Crippen LogP contribution in [0.1, 0.15) is 32.3 Å². The number of benzene rings is 1. The van der Waals surface area contributed by atoms with Crippen molar-refractivity contribution in [1.29, 1.82) is 0 Å². The molecule has 24 heavy (non-hydrogen) atoms. The summed E-state index contributed by atoms with van der Waals surface area (Å²) in [5.74, 6) is 1.15. The fraction of sp³-hybridized carbons (Fsp3) is 0.579. The summed E-state index contributed by atoms with van der Waals surface area (Å²) >= 11 is 0. The average molecular weight is 329 g/mol. The number of amides is 3. The van der Waals surface area contributed by atoms with Crippen LogP contribution in [0.3, 0.4) is 0 Å². The predicted molar refractivity (Wildman–Crippen MR) is 95.0 cm³/mol. The van der Waals surface area contributed by atoms with Crippen LogP contribution >= 0.6 is 0 Å². The molecule has 0 aromatic heterocycles. The lowest BCUT2D eigenvalue weighted by Crippen LogP contribution is -2.50. The van der Waals surface area contributed by atoms with Crippen LogP contribution in [0.15, 0.2) is 24.3 Å². The number of aryl methyl sites for hydroxylation is 1. The first-order chi connectivity index (χ1) is 11.4. The maximum absolute atomic E-state index is 12.5. The van der Waals surface area contributed by atoms with Gasteiger partial charge in [-0.2, -0.15) is 0 Å². The smallest absolute Gasteiger partial charge is 0.317 e. The molecule has 2 heterocycles. The Kier molecular flexibility index (Phi) is 4.78. The van der Waals surface area contributed by atoms with Crippen molar-refractivity contribution in [3.63, 3.8) is 0 Å². The van der Waals surface area contributed by atoms with E-state index in [1.807, 2.05) is 36.1 Å². The molecule has 5 heteroatoms. The molecule has 0 bridgehead atoms. The molecule has 2 fully saturated rings. The highest BCUT2D eigenvalue weighted by molar-refractivity contribution is 5.96. The quantitative estimate of drug-likeness (QED) is 0.907. The Morgan fingerprint density at radius 3 is 2.33 bits per heavy atom. The zero-order chi connectivity index (χ0) is 17.3. The van der Waals surface area contributed by atoms with Crippen LogP contribution in [-0.4, -0.2) is 42.5 Å². The van der Waals surface area contributed by atoms with Gasteiger partial charge in [0.05, 0.1) is 6.04 Å². The molecule has 2 aliphatic rings. The highest BCUT2D eigenvalue weighted by Crippen LogP contribution is 2.23. The van der Waals surface area contributed by atoms with Gasteiger partial charge in [0.15, 0.2) is 0 Å². The number of urea groups is 1. The summed E-state index contributed by atoms with van der Waals surface area (Å²) in [5.41, 5.74) is 2.08. The van der Waals surface area contributed by atoms with E-state index in [1.165, 1.54) is 12.0 Å². The number of carbonyl (C=O) groups is 2. The highest BCUT2D eigenvalue weighted by Gasteiger charge is 2.33. The van der Waals surface area contributed by atoms with E-state index in [9.17, 15) is 9.59 Å². The van der Waals surface area contributed by atoms with Crippen LogP contribution < -0.4 is 10.2 Å². The molecule has 0 spiro atoms. The van der Waals surface area contributed by atoms with Gasteiger partial charge in [0, 0.05) is 31.7 Å². The van der Waals surface area contributed by atoms with Crippen LogP contribution in [-0.2, 0) is 4.79 Å². The second-order valence-corrected chi connectivity index (χ2v) is 7.54. The molecule has 1 aromatic rings. The minimum atomic E-state index is -0.112. The van der Waals surface area contributed by atoms with Crippen molar-refractivity contribution in [2.45, 2.75) is 39.7 Å². The maximum atomic E-state index is 12.5. The normalized spacial score (nSPS) is 27.5. The van der Waals surface area contributed by atoms with E-state index in [2.05, 4.69) is 19.2 Å². The Hall–Kier alpha value is -2.04. The third-order valence-electron chi connectivity index (χ3n) is 4.95. The Labute approximate surface area is 144 Å². The van der Waals surface area contributed by atoms with Crippen molar-refractivity contribution >= 4 is 17.6 Å². The van der Waals surface area contributed by atoms with Gasteiger partial charge in [-0.15, -0.1) is 0 Å². The molecule has 3 rings (SSSR count). The number of rotatable bonds is 2. The zero-order valence-corrected chi connectivity index (χ0v) is 14.8. The number of nitrogens with one attached hydrogen (secondary N) is 1. The van der Waals surface area contributed by atoms with Crippen molar-refractivity contribution < 1.29 is 9.59 Å². The average Bonchev–Trinajstić information content (AvgIpc) is 2.87. The maximum Gasteiger partial charge on any atom is 0.317 e. The summed E-state index contributed by atoms with van der Waals surface area (Å²) in [7, 11) is 0. The summed E-state index contributed by atoms with van der Waals surface area (Å²) in [6, 6.07) is 7.79. The molecule has 0 aliphatic carbocycles. The fourth-order valence-corrected chi connectivity index (χ4v) is 3.87. The highest BCUT2D eigenvalue weighted by atomic mass is 16.2. The van der Waals surface area contributed by atoms with Crippen molar-refractivity contribution in [2.75, 3.05) is 24.5 Å². The number of hydrogen-bond acceptors (Lipinski definition) is 2. The molecule has 2 saturated heterocycles. The Morgan fingerprint density at radius 2 is 1.71 bits per heavy atom. The minimum absolute atomic E-state index is 0.0306. The van der Waals surface area contributed by atoms with Gasteiger partial charge in [-0.05, 0) is 37.3 Å². The van der Waals surface area contributed by atoms with Crippen LogP contribution in [0.4, 0.5) is 10.5 Å². The molecule has 0 saturated carbocycles. The molecule has 0 radical (unpaired) electrons. The standard InChI is InChI=1S/C19H27N3O2/c1-13-4-6-17(7-5-13)22-12-16(9-18(22)23)20-19(24)21-10-14(2)8-15(3)11-21/h4-7,14-16H,8-12H2,1-3H3,(H,20,24)/t14-,15-,16-/m0/s1. The lowest BCUT2D eigenvalue weighted by molar-refractivity contribution is -0.117. The van der Waals surface area contributed by atoms with Gasteiger partial charge >= 0.3 is 6.03 Å².